The molecule has 7 heteroatoms. The Balaban J connectivity index is 1.62. The van der Waals surface area contributed by atoms with Gasteiger partial charge in [0.05, 0.1) is 5.41 Å². The molecule has 0 aromatic heterocycles. The first-order chi connectivity index (χ1) is 17.0. The largest absolute Gasteiger partial charge is 0.489 e. The normalized spacial score (nSPS) is 23.8. The predicted octanol–water partition coefficient (Wildman–Crippen LogP) is 4.15. The van der Waals surface area contributed by atoms with Gasteiger partial charge >= 0.3 is 0 Å². The predicted molar refractivity (Wildman–Crippen MR) is 129 cm³/mol. The van der Waals surface area contributed by atoms with Gasteiger partial charge in [0.2, 0.25) is 11.6 Å². The van der Waals surface area contributed by atoms with Crippen molar-refractivity contribution in [1.82, 2.24) is 5.48 Å². The second-order valence-corrected chi connectivity index (χ2v) is 9.66. The third kappa shape index (κ3) is 4.62. The van der Waals surface area contributed by atoms with Crippen molar-refractivity contribution in [3.63, 3.8) is 0 Å². The quantitative estimate of drug-likeness (QED) is 0.242. The number of hydrogen-bond donors (Lipinski definition) is 2. The van der Waals surface area contributed by atoms with Crippen LogP contribution in [0.2, 0.25) is 0 Å². The number of hydrogen-bond acceptors (Lipinski definition) is 6. The van der Waals surface area contributed by atoms with Crippen molar-refractivity contribution in [3.05, 3.63) is 65.7 Å². The molecule has 2 aromatic carbocycles. The van der Waals surface area contributed by atoms with Crippen molar-refractivity contribution in [2.24, 2.45) is 11.3 Å². The maximum Gasteiger partial charge on any atom is 0.251 e. The lowest BCUT2D eigenvalue weighted by molar-refractivity contribution is -0.146. The molecular formula is C28H33NO6. The summed E-state index contributed by atoms with van der Waals surface area (Å²) in [6.45, 7) is 1.01. The van der Waals surface area contributed by atoms with Crippen LogP contribution in [-0.4, -0.2) is 36.4 Å². The van der Waals surface area contributed by atoms with Crippen LogP contribution in [0.15, 0.2) is 54.6 Å². The van der Waals surface area contributed by atoms with Crippen molar-refractivity contribution in [2.75, 3.05) is 13.7 Å². The van der Waals surface area contributed by atoms with Crippen molar-refractivity contribution in [2.45, 2.75) is 57.0 Å². The second kappa shape index (κ2) is 10.7. The summed E-state index contributed by atoms with van der Waals surface area (Å²) in [5, 5.41) is 9.69. The Morgan fingerprint density at radius 3 is 2.34 bits per heavy atom. The van der Waals surface area contributed by atoms with Gasteiger partial charge in [0, 0.05) is 13.7 Å². The van der Waals surface area contributed by atoms with E-state index in [-0.39, 0.29) is 0 Å². The highest BCUT2D eigenvalue weighted by atomic mass is 16.5. The number of amides is 1. The minimum absolute atomic E-state index is 0.330. The summed E-state index contributed by atoms with van der Waals surface area (Å²) < 4.78 is 11.1. The Kier molecular flexibility index (Phi) is 7.67. The van der Waals surface area contributed by atoms with Crippen LogP contribution < -0.4 is 10.2 Å². The SMILES string of the molecule is COCCC1CCCCC(C(=O)NO)(C2(c3ccc(OCc4ccccc4)cc3)C(=O)C2=O)CC1. The number of carbonyl (C=O) groups excluding carboxylic acids is 3. The van der Waals surface area contributed by atoms with Gasteiger partial charge in [-0.1, -0.05) is 61.7 Å². The van der Waals surface area contributed by atoms with Crippen molar-refractivity contribution >= 4 is 17.5 Å². The molecule has 0 spiro atoms. The number of ketones is 2. The molecule has 2 unspecified atom stereocenters. The first-order valence-corrected chi connectivity index (χ1v) is 12.3. The smallest absolute Gasteiger partial charge is 0.251 e. The van der Waals surface area contributed by atoms with Crippen LogP contribution in [0.3, 0.4) is 0 Å². The molecule has 2 N–H and O–H groups in total. The number of Topliss-reactive ketones (excluding diaryl/α,β-unsaturated/α-hetero) is 2. The van der Waals surface area contributed by atoms with Crippen molar-refractivity contribution in [3.8, 4) is 5.75 Å². The van der Waals surface area contributed by atoms with Gasteiger partial charge in [0.15, 0.2) is 0 Å². The lowest BCUT2D eigenvalue weighted by Crippen LogP contribution is -2.51. The van der Waals surface area contributed by atoms with E-state index in [4.69, 9.17) is 9.47 Å². The Labute approximate surface area is 205 Å². The first kappa shape index (κ1) is 25.1. The molecule has 7 nitrogen and oxygen atoms in total. The molecule has 2 saturated carbocycles. The zero-order valence-electron chi connectivity index (χ0n) is 20.1. The molecule has 1 amide bonds. The van der Waals surface area contributed by atoms with Gasteiger partial charge < -0.3 is 9.47 Å². The Hall–Kier alpha value is -3.03. The highest BCUT2D eigenvalue weighted by Crippen LogP contribution is 2.59. The molecule has 0 heterocycles. The molecule has 2 fully saturated rings. The van der Waals surface area contributed by atoms with Gasteiger partial charge in [0.25, 0.3) is 5.91 Å². The van der Waals surface area contributed by atoms with E-state index in [1.165, 1.54) is 0 Å². The van der Waals surface area contributed by atoms with Crippen LogP contribution in [0.1, 0.15) is 56.1 Å². The minimum atomic E-state index is -1.57. The first-order valence-electron chi connectivity index (χ1n) is 12.3. The van der Waals surface area contributed by atoms with Crippen LogP contribution >= 0.6 is 0 Å². The maximum absolute atomic E-state index is 13.2. The molecule has 0 radical (unpaired) electrons. The summed E-state index contributed by atoms with van der Waals surface area (Å²) >= 11 is 0. The molecular weight excluding hydrogens is 446 g/mol. The molecule has 186 valence electrons. The number of carbonyl (C=O) groups is 3. The third-order valence-corrected chi connectivity index (χ3v) is 7.79. The van der Waals surface area contributed by atoms with Gasteiger partial charge in [-0.15, -0.1) is 0 Å². The summed E-state index contributed by atoms with van der Waals surface area (Å²) in [5.41, 5.74) is 0.410. The molecule has 2 aromatic rings. The molecule has 4 rings (SSSR count). The molecule has 2 aliphatic carbocycles. The fourth-order valence-corrected chi connectivity index (χ4v) is 5.78. The van der Waals surface area contributed by atoms with E-state index in [1.807, 2.05) is 30.3 Å². The fraction of sp³-hybridized carbons (Fsp3) is 0.464. The number of ether oxygens (including phenoxy) is 2. The molecule has 2 aliphatic rings. The highest BCUT2D eigenvalue weighted by molar-refractivity contribution is 6.67. The lowest BCUT2D eigenvalue weighted by Gasteiger charge is -2.39. The summed E-state index contributed by atoms with van der Waals surface area (Å²) in [6, 6.07) is 16.6. The number of rotatable bonds is 9. The van der Waals surface area contributed by atoms with E-state index < -0.39 is 28.3 Å². The van der Waals surface area contributed by atoms with Gasteiger partial charge in [0.1, 0.15) is 17.8 Å². The molecule has 0 aliphatic heterocycles. The summed E-state index contributed by atoms with van der Waals surface area (Å²) in [7, 11) is 1.66. The van der Waals surface area contributed by atoms with Gasteiger partial charge in [-0.2, -0.15) is 0 Å². The zero-order valence-corrected chi connectivity index (χ0v) is 20.1. The van der Waals surface area contributed by atoms with Crippen LogP contribution in [-0.2, 0) is 31.1 Å². The van der Waals surface area contributed by atoms with Crippen LogP contribution in [0.4, 0.5) is 0 Å². The van der Waals surface area contributed by atoms with E-state index in [2.05, 4.69) is 0 Å². The zero-order chi connectivity index (χ0) is 24.9. The minimum Gasteiger partial charge on any atom is -0.489 e. The Bertz CT molecular complexity index is 1030. The average molecular weight is 480 g/mol. The van der Waals surface area contributed by atoms with Gasteiger partial charge in [-0.3, -0.25) is 19.6 Å². The van der Waals surface area contributed by atoms with E-state index >= 15 is 0 Å². The lowest BCUT2D eigenvalue weighted by atomic mass is 9.61. The molecule has 2 atom stereocenters. The highest BCUT2D eigenvalue weighted by Gasteiger charge is 2.78. The number of methoxy groups -OCH3 is 1. The number of nitrogens with one attached hydrogen (secondary N) is 1. The Morgan fingerprint density at radius 1 is 1.00 bits per heavy atom. The van der Waals surface area contributed by atoms with Crippen LogP contribution in [0.25, 0.3) is 0 Å². The van der Waals surface area contributed by atoms with E-state index in [0.717, 1.165) is 24.8 Å². The van der Waals surface area contributed by atoms with Gasteiger partial charge in [-0.05, 0) is 54.9 Å². The fourth-order valence-electron chi connectivity index (χ4n) is 5.78. The monoisotopic (exact) mass is 479 g/mol. The molecule has 0 bridgehead atoms. The summed E-state index contributed by atoms with van der Waals surface area (Å²) in [4.78, 5) is 39.3. The summed E-state index contributed by atoms with van der Waals surface area (Å²) in [6.07, 6.45) is 4.84. The third-order valence-electron chi connectivity index (χ3n) is 7.79. The number of benzene rings is 2. The second-order valence-electron chi connectivity index (χ2n) is 9.66. The average Bonchev–Trinajstić information content (AvgIpc) is 3.44. The molecule has 35 heavy (non-hydrogen) atoms. The van der Waals surface area contributed by atoms with Gasteiger partial charge in [-0.25, -0.2) is 5.48 Å². The van der Waals surface area contributed by atoms with Crippen LogP contribution in [0.5, 0.6) is 5.75 Å². The van der Waals surface area contributed by atoms with E-state index in [0.29, 0.717) is 56.1 Å². The standard InChI is InChI=1S/C28H33NO6/c1-34-18-15-20-7-5-6-16-27(17-14-20,26(32)29-33)28(24(30)25(28)31)22-10-12-23(13-11-22)35-19-21-8-3-2-4-9-21/h2-4,8-13,20,33H,5-7,14-19H2,1H3,(H,29,32). The van der Waals surface area contributed by atoms with E-state index in [9.17, 15) is 19.6 Å². The maximum atomic E-state index is 13.2. The summed E-state index contributed by atoms with van der Waals surface area (Å²) in [5.74, 6) is -0.850. The van der Waals surface area contributed by atoms with Crippen molar-refractivity contribution in [1.29, 1.82) is 0 Å². The Morgan fingerprint density at radius 2 is 1.71 bits per heavy atom. The topological polar surface area (TPSA) is 102 Å². The van der Waals surface area contributed by atoms with Crippen molar-refractivity contribution < 1.29 is 29.1 Å². The van der Waals surface area contributed by atoms with E-state index in [1.54, 1.807) is 36.9 Å². The number of hydroxylamine groups is 1. The molecule has 0 saturated heterocycles. The van der Waals surface area contributed by atoms with Crippen LogP contribution in [0, 0.1) is 11.3 Å².